The number of hydrogen-bond acceptors (Lipinski definition) is 3. The Kier molecular flexibility index (Phi) is 4.85. The fraction of sp³-hybridized carbons (Fsp3) is 0.333. The number of carboxylic acids is 1. The van der Waals surface area contributed by atoms with Gasteiger partial charge >= 0.3 is 5.97 Å². The maximum absolute atomic E-state index is 11.1. The van der Waals surface area contributed by atoms with Crippen LogP contribution < -0.4 is 10.2 Å². The smallest absolute Gasteiger partial charge is 0.328 e. The van der Waals surface area contributed by atoms with E-state index < -0.39 is 5.97 Å². The number of benzene rings is 1. The first kappa shape index (κ1) is 15.4. The molecule has 1 atom stereocenters. The van der Waals surface area contributed by atoms with Crippen LogP contribution in [-0.4, -0.2) is 36.1 Å². The van der Waals surface area contributed by atoms with E-state index in [0.29, 0.717) is 10.6 Å². The molecule has 1 fully saturated rings. The minimum Gasteiger partial charge on any atom is -0.478 e. The standard InChI is InChI=1S/C15H17ClN2O3/c1-10(19)17-12-6-7-18(9-12)13-4-2-11(14(16)8-13)3-5-15(20)21/h2-5,8,12H,6-7,9H2,1H3,(H,17,19)(H,20,21)/b5-3+. The summed E-state index contributed by atoms with van der Waals surface area (Å²) in [6.07, 6.45) is 3.43. The van der Waals surface area contributed by atoms with Gasteiger partial charge in [0, 0.05) is 42.8 Å². The predicted molar refractivity (Wildman–Crippen MR) is 82.6 cm³/mol. The van der Waals surface area contributed by atoms with Crippen molar-refractivity contribution in [1.29, 1.82) is 0 Å². The van der Waals surface area contributed by atoms with Crippen LogP contribution in [0.5, 0.6) is 0 Å². The molecule has 0 aromatic heterocycles. The second-order valence-electron chi connectivity index (χ2n) is 5.01. The van der Waals surface area contributed by atoms with Gasteiger partial charge in [-0.15, -0.1) is 0 Å². The van der Waals surface area contributed by atoms with Crippen molar-refractivity contribution in [2.45, 2.75) is 19.4 Å². The zero-order chi connectivity index (χ0) is 15.4. The zero-order valence-corrected chi connectivity index (χ0v) is 12.4. The molecule has 5 nitrogen and oxygen atoms in total. The molecule has 1 aromatic rings. The lowest BCUT2D eigenvalue weighted by Crippen LogP contribution is -2.35. The number of anilines is 1. The summed E-state index contributed by atoms with van der Waals surface area (Å²) in [7, 11) is 0. The molecular weight excluding hydrogens is 292 g/mol. The van der Waals surface area contributed by atoms with E-state index >= 15 is 0 Å². The van der Waals surface area contributed by atoms with E-state index in [1.54, 1.807) is 6.07 Å². The third-order valence-corrected chi connectivity index (χ3v) is 3.68. The summed E-state index contributed by atoms with van der Waals surface area (Å²) in [5.74, 6) is -1.03. The molecule has 21 heavy (non-hydrogen) atoms. The lowest BCUT2D eigenvalue weighted by Gasteiger charge is -2.19. The van der Waals surface area contributed by atoms with Gasteiger partial charge in [-0.2, -0.15) is 0 Å². The van der Waals surface area contributed by atoms with Crippen molar-refractivity contribution in [1.82, 2.24) is 5.32 Å². The van der Waals surface area contributed by atoms with Crippen LogP contribution in [0.1, 0.15) is 18.9 Å². The summed E-state index contributed by atoms with van der Waals surface area (Å²) in [5, 5.41) is 12.0. The summed E-state index contributed by atoms with van der Waals surface area (Å²) < 4.78 is 0. The van der Waals surface area contributed by atoms with E-state index in [1.807, 2.05) is 12.1 Å². The molecule has 6 heteroatoms. The number of aliphatic carboxylic acids is 1. The number of carboxylic acid groups (broad SMARTS) is 1. The van der Waals surface area contributed by atoms with E-state index in [-0.39, 0.29) is 11.9 Å². The molecule has 1 saturated heterocycles. The molecule has 1 heterocycles. The van der Waals surface area contributed by atoms with E-state index in [9.17, 15) is 9.59 Å². The van der Waals surface area contributed by atoms with Crippen LogP contribution in [-0.2, 0) is 9.59 Å². The molecule has 1 unspecified atom stereocenters. The number of halogens is 1. The van der Waals surface area contributed by atoms with Crippen LogP contribution >= 0.6 is 11.6 Å². The van der Waals surface area contributed by atoms with E-state index in [2.05, 4.69) is 10.2 Å². The quantitative estimate of drug-likeness (QED) is 0.836. The average molecular weight is 309 g/mol. The monoisotopic (exact) mass is 308 g/mol. The molecule has 112 valence electrons. The molecule has 0 saturated carbocycles. The zero-order valence-electron chi connectivity index (χ0n) is 11.7. The second kappa shape index (κ2) is 6.63. The Labute approximate surface area is 128 Å². The van der Waals surface area contributed by atoms with Gasteiger partial charge in [-0.3, -0.25) is 4.79 Å². The number of carbonyl (C=O) groups excluding carboxylic acids is 1. The molecule has 1 amide bonds. The fourth-order valence-electron chi connectivity index (χ4n) is 2.41. The molecule has 1 aromatic carbocycles. The highest BCUT2D eigenvalue weighted by atomic mass is 35.5. The Bertz CT molecular complexity index is 586. The maximum atomic E-state index is 11.1. The number of amides is 1. The molecule has 0 spiro atoms. The van der Waals surface area contributed by atoms with Crippen LogP contribution in [0.15, 0.2) is 24.3 Å². The molecule has 1 aliphatic rings. The van der Waals surface area contributed by atoms with Gasteiger partial charge < -0.3 is 15.3 Å². The van der Waals surface area contributed by atoms with Gasteiger partial charge in [0.2, 0.25) is 5.91 Å². The SMILES string of the molecule is CC(=O)NC1CCN(c2ccc(/C=C/C(=O)O)c(Cl)c2)C1. The summed E-state index contributed by atoms with van der Waals surface area (Å²) >= 11 is 6.17. The average Bonchev–Trinajstić information content (AvgIpc) is 2.84. The highest BCUT2D eigenvalue weighted by Crippen LogP contribution is 2.27. The number of rotatable bonds is 4. The van der Waals surface area contributed by atoms with Gasteiger partial charge in [-0.05, 0) is 30.2 Å². The lowest BCUT2D eigenvalue weighted by atomic mass is 10.2. The Morgan fingerprint density at radius 3 is 2.86 bits per heavy atom. The summed E-state index contributed by atoms with van der Waals surface area (Å²) in [4.78, 5) is 23.7. The van der Waals surface area contributed by atoms with E-state index in [4.69, 9.17) is 16.7 Å². The van der Waals surface area contributed by atoms with Gasteiger partial charge in [0.15, 0.2) is 0 Å². The summed E-state index contributed by atoms with van der Waals surface area (Å²) in [6.45, 7) is 3.12. The highest BCUT2D eigenvalue weighted by molar-refractivity contribution is 6.32. The third kappa shape index (κ3) is 4.23. The minimum atomic E-state index is -1.01. The molecule has 0 radical (unpaired) electrons. The Morgan fingerprint density at radius 1 is 1.48 bits per heavy atom. The number of nitrogens with zero attached hydrogens (tertiary/aromatic N) is 1. The summed E-state index contributed by atoms with van der Waals surface area (Å²) in [6, 6.07) is 5.68. The Morgan fingerprint density at radius 2 is 2.24 bits per heavy atom. The van der Waals surface area contributed by atoms with Crippen LogP contribution in [0.2, 0.25) is 5.02 Å². The van der Waals surface area contributed by atoms with Crippen molar-refractivity contribution < 1.29 is 14.7 Å². The fourth-order valence-corrected chi connectivity index (χ4v) is 2.65. The molecule has 2 N–H and O–H groups in total. The van der Waals surface area contributed by atoms with Crippen LogP contribution in [0.3, 0.4) is 0 Å². The molecule has 2 rings (SSSR count). The van der Waals surface area contributed by atoms with Crippen LogP contribution in [0.4, 0.5) is 5.69 Å². The molecule has 0 bridgehead atoms. The van der Waals surface area contributed by atoms with Gasteiger partial charge in [0.05, 0.1) is 0 Å². The first-order valence-corrected chi connectivity index (χ1v) is 7.06. The van der Waals surface area contributed by atoms with Crippen molar-refractivity contribution in [3.05, 3.63) is 34.9 Å². The van der Waals surface area contributed by atoms with Gasteiger partial charge in [0.1, 0.15) is 0 Å². The predicted octanol–water partition coefficient (Wildman–Crippen LogP) is 2.15. The van der Waals surface area contributed by atoms with E-state index in [0.717, 1.165) is 31.3 Å². The topological polar surface area (TPSA) is 69.6 Å². The van der Waals surface area contributed by atoms with Crippen molar-refractivity contribution in [3.8, 4) is 0 Å². The van der Waals surface area contributed by atoms with Gasteiger partial charge in [0.25, 0.3) is 0 Å². The second-order valence-corrected chi connectivity index (χ2v) is 5.42. The molecule has 1 aliphatic heterocycles. The van der Waals surface area contributed by atoms with E-state index in [1.165, 1.54) is 13.0 Å². The third-order valence-electron chi connectivity index (χ3n) is 3.35. The lowest BCUT2D eigenvalue weighted by molar-refractivity contribution is -0.131. The first-order chi connectivity index (χ1) is 9.95. The summed E-state index contributed by atoms with van der Waals surface area (Å²) in [5.41, 5.74) is 1.64. The van der Waals surface area contributed by atoms with Crippen LogP contribution in [0.25, 0.3) is 6.08 Å². The molecule has 0 aliphatic carbocycles. The Balaban J connectivity index is 2.07. The molecular formula is C15H17ClN2O3. The highest BCUT2D eigenvalue weighted by Gasteiger charge is 2.23. The van der Waals surface area contributed by atoms with Crippen molar-refractivity contribution in [2.24, 2.45) is 0 Å². The van der Waals surface area contributed by atoms with Crippen molar-refractivity contribution >= 4 is 35.2 Å². The maximum Gasteiger partial charge on any atom is 0.328 e. The van der Waals surface area contributed by atoms with Gasteiger partial charge in [-0.1, -0.05) is 17.7 Å². The largest absolute Gasteiger partial charge is 0.478 e. The Hall–Kier alpha value is -2.01. The number of hydrogen-bond donors (Lipinski definition) is 2. The van der Waals surface area contributed by atoms with Crippen molar-refractivity contribution in [3.63, 3.8) is 0 Å². The number of nitrogens with one attached hydrogen (secondary N) is 1. The van der Waals surface area contributed by atoms with Crippen LogP contribution in [0, 0.1) is 0 Å². The van der Waals surface area contributed by atoms with Crippen molar-refractivity contribution in [2.75, 3.05) is 18.0 Å². The number of carbonyl (C=O) groups is 2. The normalized spacial score (nSPS) is 18.2. The minimum absolute atomic E-state index is 0.0194. The van der Waals surface area contributed by atoms with Gasteiger partial charge in [-0.25, -0.2) is 4.79 Å². The first-order valence-electron chi connectivity index (χ1n) is 6.68.